The van der Waals surface area contributed by atoms with E-state index in [9.17, 15) is 18.0 Å². The summed E-state index contributed by atoms with van der Waals surface area (Å²) in [6.45, 7) is 0.371. The van der Waals surface area contributed by atoms with Crippen LogP contribution in [0.15, 0.2) is 0 Å². The Kier molecular flexibility index (Phi) is 5.91. The Hall–Kier alpha value is -0.620. The lowest BCUT2D eigenvalue weighted by molar-refractivity contribution is -0.174. The summed E-state index contributed by atoms with van der Waals surface area (Å²) < 4.78 is 39.8. The number of hydrogen-bond acceptors (Lipinski definition) is 3. The number of carbonyl (C=O) groups is 1. The van der Waals surface area contributed by atoms with Crippen LogP contribution in [0.2, 0.25) is 0 Å². The predicted molar refractivity (Wildman–Crippen MR) is 56.8 cm³/mol. The van der Waals surface area contributed by atoms with Crippen LogP contribution in [0, 0.1) is 0 Å². The van der Waals surface area contributed by atoms with Crippen molar-refractivity contribution < 1.29 is 22.7 Å². The van der Waals surface area contributed by atoms with Gasteiger partial charge in [-0.25, -0.2) is 0 Å². The molecule has 0 radical (unpaired) electrons. The van der Waals surface area contributed by atoms with Crippen molar-refractivity contribution in [2.45, 2.75) is 37.9 Å². The zero-order valence-electron chi connectivity index (χ0n) is 9.71. The van der Waals surface area contributed by atoms with Gasteiger partial charge in [0, 0.05) is 13.2 Å². The van der Waals surface area contributed by atoms with E-state index in [0.29, 0.717) is 13.0 Å². The van der Waals surface area contributed by atoms with Crippen LogP contribution in [0.25, 0.3) is 0 Å². The normalized spacial score (nSPS) is 22.6. The van der Waals surface area contributed by atoms with Crippen LogP contribution in [0.5, 0.6) is 0 Å². The Bertz CT molecular complexity index is 233. The summed E-state index contributed by atoms with van der Waals surface area (Å²) in [5.41, 5.74) is 0. The molecule has 1 aliphatic heterocycles. The maximum atomic E-state index is 11.8. The quantitative estimate of drug-likeness (QED) is 0.535. The average molecular weight is 253 g/mol. The fourth-order valence-corrected chi connectivity index (χ4v) is 2.01. The molecular weight excluding hydrogens is 235 g/mol. The smallest absolute Gasteiger partial charge is 0.372 e. The number of piperidine rings is 1. The van der Waals surface area contributed by atoms with Gasteiger partial charge < -0.3 is 9.53 Å². The van der Waals surface area contributed by atoms with Gasteiger partial charge in [-0.05, 0) is 25.8 Å². The van der Waals surface area contributed by atoms with Gasteiger partial charge >= 0.3 is 6.18 Å². The fourth-order valence-electron chi connectivity index (χ4n) is 2.01. The van der Waals surface area contributed by atoms with Crippen molar-refractivity contribution in [2.75, 3.05) is 26.3 Å². The topological polar surface area (TPSA) is 29.5 Å². The number of ether oxygens (including phenoxy) is 1. The minimum absolute atomic E-state index is 0.0635. The highest BCUT2D eigenvalue weighted by Gasteiger charge is 2.27. The van der Waals surface area contributed by atoms with Crippen molar-refractivity contribution in [2.24, 2.45) is 0 Å². The average Bonchev–Trinajstić information content (AvgIpc) is 2.27. The third kappa shape index (κ3) is 6.02. The third-order valence-corrected chi connectivity index (χ3v) is 2.82. The number of hydrogen-bond donors (Lipinski definition) is 0. The molecule has 100 valence electrons. The van der Waals surface area contributed by atoms with Gasteiger partial charge in [-0.15, -0.1) is 0 Å². The van der Waals surface area contributed by atoms with E-state index >= 15 is 0 Å². The molecule has 0 aromatic heterocycles. The van der Waals surface area contributed by atoms with Crippen LogP contribution in [-0.2, 0) is 9.53 Å². The second kappa shape index (κ2) is 6.96. The molecule has 0 amide bonds. The Balaban J connectivity index is 2.10. The number of alkyl halides is 3. The molecule has 0 aliphatic carbocycles. The molecule has 1 fully saturated rings. The molecule has 1 aliphatic rings. The molecule has 1 saturated heterocycles. The molecule has 6 heteroatoms. The van der Waals surface area contributed by atoms with Gasteiger partial charge in [0.25, 0.3) is 0 Å². The molecular formula is C11H18F3NO2. The number of halogens is 3. The second-order valence-electron chi connectivity index (χ2n) is 4.26. The van der Waals surface area contributed by atoms with E-state index in [2.05, 4.69) is 4.74 Å². The van der Waals surface area contributed by atoms with Crippen LogP contribution in [0.4, 0.5) is 13.2 Å². The summed E-state index contributed by atoms with van der Waals surface area (Å²) in [6, 6.07) is -0.0635. The Morgan fingerprint density at radius 2 is 2.12 bits per heavy atom. The lowest BCUT2D eigenvalue weighted by Gasteiger charge is -2.32. The Morgan fingerprint density at radius 3 is 2.76 bits per heavy atom. The van der Waals surface area contributed by atoms with Gasteiger partial charge in [0.05, 0.1) is 6.04 Å². The van der Waals surface area contributed by atoms with Crippen molar-refractivity contribution in [3.8, 4) is 0 Å². The fraction of sp³-hybridized carbons (Fsp3) is 0.909. The molecule has 0 N–H and O–H groups in total. The van der Waals surface area contributed by atoms with E-state index in [-0.39, 0.29) is 12.6 Å². The largest absolute Gasteiger partial charge is 0.411 e. The van der Waals surface area contributed by atoms with Gasteiger partial charge in [0.15, 0.2) is 0 Å². The van der Waals surface area contributed by atoms with E-state index in [4.69, 9.17) is 0 Å². The van der Waals surface area contributed by atoms with Crippen LogP contribution in [0.1, 0.15) is 25.7 Å². The van der Waals surface area contributed by atoms with Gasteiger partial charge in [0.1, 0.15) is 12.9 Å². The minimum atomic E-state index is -4.25. The zero-order valence-corrected chi connectivity index (χ0v) is 9.71. The first-order valence-electron chi connectivity index (χ1n) is 5.87. The molecule has 0 aromatic rings. The molecule has 3 nitrogen and oxygen atoms in total. The molecule has 1 atom stereocenters. The van der Waals surface area contributed by atoms with Gasteiger partial charge in [-0.3, -0.25) is 4.90 Å². The van der Waals surface area contributed by atoms with Gasteiger partial charge in [-0.2, -0.15) is 13.2 Å². The highest BCUT2D eigenvalue weighted by atomic mass is 19.4. The van der Waals surface area contributed by atoms with Crippen molar-refractivity contribution in [1.29, 1.82) is 0 Å². The third-order valence-electron chi connectivity index (χ3n) is 2.82. The first-order valence-corrected chi connectivity index (χ1v) is 5.87. The predicted octanol–water partition coefficient (Wildman–Crippen LogP) is 2.01. The zero-order chi connectivity index (χ0) is 12.7. The maximum Gasteiger partial charge on any atom is 0.411 e. The number of nitrogens with zero attached hydrogens (tertiary/aromatic N) is 1. The minimum Gasteiger partial charge on any atom is -0.372 e. The molecule has 1 unspecified atom stereocenters. The van der Waals surface area contributed by atoms with Crippen LogP contribution in [0.3, 0.4) is 0 Å². The first-order chi connectivity index (χ1) is 8.03. The second-order valence-corrected chi connectivity index (χ2v) is 4.26. The van der Waals surface area contributed by atoms with E-state index in [1.807, 2.05) is 4.90 Å². The van der Waals surface area contributed by atoms with Crippen molar-refractivity contribution in [1.82, 2.24) is 4.90 Å². The highest BCUT2D eigenvalue weighted by molar-refractivity contribution is 5.57. The van der Waals surface area contributed by atoms with Crippen LogP contribution in [-0.4, -0.2) is 49.7 Å². The SMILES string of the molecule is O=CC1CCCCN1CCCOCC(F)(F)F. The first kappa shape index (κ1) is 14.4. The summed E-state index contributed by atoms with van der Waals surface area (Å²) in [6.07, 6.45) is 0.151. The Morgan fingerprint density at radius 1 is 1.35 bits per heavy atom. The maximum absolute atomic E-state index is 11.8. The Labute approximate surface area is 98.9 Å². The lowest BCUT2D eigenvalue weighted by Crippen LogP contribution is -2.41. The monoisotopic (exact) mass is 253 g/mol. The standard InChI is InChI=1S/C11H18F3NO2/c12-11(13,14)9-17-7-3-6-15-5-2-1-4-10(15)8-16/h8,10H,1-7,9H2. The summed E-state index contributed by atoms with van der Waals surface area (Å²) in [4.78, 5) is 12.8. The van der Waals surface area contributed by atoms with E-state index in [0.717, 1.165) is 32.1 Å². The number of likely N-dealkylation sites (tertiary alicyclic amines) is 1. The summed E-state index contributed by atoms with van der Waals surface area (Å²) >= 11 is 0. The molecule has 0 bridgehead atoms. The highest BCUT2D eigenvalue weighted by Crippen LogP contribution is 2.16. The molecule has 17 heavy (non-hydrogen) atoms. The van der Waals surface area contributed by atoms with Crippen LogP contribution < -0.4 is 0 Å². The molecule has 0 saturated carbocycles. The van der Waals surface area contributed by atoms with E-state index in [1.165, 1.54) is 0 Å². The summed E-state index contributed by atoms with van der Waals surface area (Å²) in [5, 5.41) is 0. The number of carbonyl (C=O) groups excluding carboxylic acids is 1. The molecule has 1 heterocycles. The van der Waals surface area contributed by atoms with Crippen molar-refractivity contribution in [3.63, 3.8) is 0 Å². The van der Waals surface area contributed by atoms with Crippen molar-refractivity contribution in [3.05, 3.63) is 0 Å². The number of rotatable bonds is 6. The van der Waals surface area contributed by atoms with Gasteiger partial charge in [-0.1, -0.05) is 6.42 Å². The van der Waals surface area contributed by atoms with Crippen molar-refractivity contribution >= 4 is 6.29 Å². The summed E-state index contributed by atoms with van der Waals surface area (Å²) in [5.74, 6) is 0. The van der Waals surface area contributed by atoms with Gasteiger partial charge in [0.2, 0.25) is 0 Å². The molecule has 0 aromatic carbocycles. The molecule has 0 spiro atoms. The number of aldehydes is 1. The lowest BCUT2D eigenvalue weighted by atomic mass is 10.0. The van der Waals surface area contributed by atoms with E-state index in [1.54, 1.807) is 0 Å². The molecule has 1 rings (SSSR count). The van der Waals surface area contributed by atoms with Crippen LogP contribution >= 0.6 is 0 Å². The summed E-state index contributed by atoms with van der Waals surface area (Å²) in [7, 11) is 0. The van der Waals surface area contributed by atoms with E-state index < -0.39 is 12.8 Å².